The van der Waals surface area contributed by atoms with Crippen molar-refractivity contribution in [2.75, 3.05) is 37.3 Å². The Labute approximate surface area is 198 Å². The summed E-state index contributed by atoms with van der Waals surface area (Å²) in [5.74, 6) is -0.0177. The Balaban J connectivity index is 0.00000320. The summed E-state index contributed by atoms with van der Waals surface area (Å²) >= 11 is 9.39. The minimum atomic E-state index is -0.0177. The van der Waals surface area contributed by atoms with Crippen LogP contribution < -0.4 is 4.90 Å². The number of thioether (sulfide) groups is 1. The molecule has 3 aromatic rings. The molecule has 2 aromatic carbocycles. The van der Waals surface area contributed by atoms with Crippen LogP contribution in [0.2, 0.25) is 5.02 Å². The van der Waals surface area contributed by atoms with Gasteiger partial charge in [0.05, 0.1) is 10.2 Å². The minimum absolute atomic E-state index is 0. The fraction of sp³-hybridized carbons (Fsp3) is 0.364. The molecule has 1 heterocycles. The topological polar surface area (TPSA) is 36.4 Å². The molecule has 4 nitrogen and oxygen atoms in total. The van der Waals surface area contributed by atoms with Crippen molar-refractivity contribution in [1.82, 2.24) is 9.88 Å². The fourth-order valence-electron chi connectivity index (χ4n) is 3.24. The van der Waals surface area contributed by atoms with Gasteiger partial charge in [0.1, 0.15) is 0 Å². The summed E-state index contributed by atoms with van der Waals surface area (Å²) in [7, 11) is 0. The van der Waals surface area contributed by atoms with Gasteiger partial charge in [-0.05, 0) is 62.2 Å². The van der Waals surface area contributed by atoms with E-state index in [4.69, 9.17) is 16.6 Å². The highest BCUT2D eigenvalue weighted by atomic mass is 35.5. The van der Waals surface area contributed by atoms with Crippen molar-refractivity contribution < 1.29 is 4.79 Å². The lowest BCUT2D eigenvalue weighted by atomic mass is 10.2. The van der Waals surface area contributed by atoms with E-state index in [2.05, 4.69) is 18.7 Å². The molecule has 0 atom stereocenters. The zero-order valence-electron chi connectivity index (χ0n) is 17.6. The van der Waals surface area contributed by atoms with E-state index in [1.165, 1.54) is 11.3 Å². The van der Waals surface area contributed by atoms with E-state index in [0.29, 0.717) is 17.1 Å². The standard InChI is InChI=1S/C22H26ClN3OS2.ClH/c1-5-25(6-2)10-11-26(21(27)16-8-7-9-18(13-16)28-4)22-24-20-15(3)12-17(23)14-19(20)29-22;/h7-9,12-14H,5-6,10-11H2,1-4H3;1H. The molecule has 0 unspecified atom stereocenters. The number of carbonyl (C=O) groups is 1. The van der Waals surface area contributed by atoms with E-state index >= 15 is 0 Å². The zero-order chi connectivity index (χ0) is 21.0. The van der Waals surface area contributed by atoms with Gasteiger partial charge >= 0.3 is 0 Å². The summed E-state index contributed by atoms with van der Waals surface area (Å²) in [6, 6.07) is 11.6. The van der Waals surface area contributed by atoms with Gasteiger partial charge in [0.2, 0.25) is 0 Å². The molecule has 1 amide bonds. The van der Waals surface area contributed by atoms with Crippen LogP contribution in [0.5, 0.6) is 0 Å². The second-order valence-electron chi connectivity index (χ2n) is 6.78. The molecule has 0 bridgehead atoms. The Morgan fingerprint density at radius 3 is 2.57 bits per heavy atom. The van der Waals surface area contributed by atoms with Crippen LogP contribution in [0.25, 0.3) is 10.2 Å². The molecule has 0 aliphatic carbocycles. The van der Waals surface area contributed by atoms with Crippen LogP contribution >= 0.6 is 47.1 Å². The summed E-state index contributed by atoms with van der Waals surface area (Å²) < 4.78 is 1.00. The molecule has 3 rings (SSSR count). The third-order valence-electron chi connectivity index (χ3n) is 4.97. The number of thiazole rings is 1. The second kappa shape index (κ2) is 11.3. The van der Waals surface area contributed by atoms with Crippen molar-refractivity contribution in [3.63, 3.8) is 0 Å². The van der Waals surface area contributed by atoms with Gasteiger partial charge in [-0.2, -0.15) is 0 Å². The monoisotopic (exact) mass is 483 g/mol. The molecule has 30 heavy (non-hydrogen) atoms. The summed E-state index contributed by atoms with van der Waals surface area (Å²) in [4.78, 5) is 23.5. The van der Waals surface area contributed by atoms with Crippen LogP contribution in [0.4, 0.5) is 5.13 Å². The van der Waals surface area contributed by atoms with Crippen molar-refractivity contribution in [3.8, 4) is 0 Å². The Kier molecular flexibility index (Phi) is 9.44. The van der Waals surface area contributed by atoms with E-state index in [0.717, 1.165) is 45.4 Å². The molecule has 0 radical (unpaired) electrons. The SMILES string of the molecule is CCN(CC)CCN(C(=O)c1cccc(SC)c1)c1nc2c(C)cc(Cl)cc2s1.Cl. The molecule has 0 fully saturated rings. The number of aromatic nitrogens is 1. The summed E-state index contributed by atoms with van der Waals surface area (Å²) in [5, 5.41) is 1.41. The minimum Gasteiger partial charge on any atom is -0.302 e. The first-order valence-corrected chi connectivity index (χ1v) is 12.1. The molecule has 0 saturated heterocycles. The van der Waals surface area contributed by atoms with Crippen LogP contribution in [-0.2, 0) is 0 Å². The number of nitrogens with zero attached hydrogens (tertiary/aromatic N) is 3. The molecule has 1 aromatic heterocycles. The van der Waals surface area contributed by atoms with Crippen molar-refractivity contribution in [2.24, 2.45) is 0 Å². The Morgan fingerprint density at radius 1 is 1.17 bits per heavy atom. The molecule has 0 N–H and O–H groups in total. The quantitative estimate of drug-likeness (QED) is 0.347. The molecule has 8 heteroatoms. The highest BCUT2D eigenvalue weighted by Crippen LogP contribution is 2.33. The molecule has 0 spiro atoms. The first-order valence-electron chi connectivity index (χ1n) is 9.71. The van der Waals surface area contributed by atoms with Crippen LogP contribution in [0.3, 0.4) is 0 Å². The average Bonchev–Trinajstić information content (AvgIpc) is 3.15. The number of halogens is 2. The van der Waals surface area contributed by atoms with E-state index in [1.54, 1.807) is 11.8 Å². The number of fused-ring (bicyclic) bond motifs is 1. The van der Waals surface area contributed by atoms with Gasteiger partial charge in [0.15, 0.2) is 5.13 Å². The van der Waals surface area contributed by atoms with E-state index < -0.39 is 0 Å². The van der Waals surface area contributed by atoms with Crippen molar-refractivity contribution in [1.29, 1.82) is 0 Å². The van der Waals surface area contributed by atoms with Crippen molar-refractivity contribution in [2.45, 2.75) is 25.7 Å². The molecule has 0 aliphatic heterocycles. The van der Waals surface area contributed by atoms with E-state index in [9.17, 15) is 4.79 Å². The maximum Gasteiger partial charge on any atom is 0.260 e. The van der Waals surface area contributed by atoms with Gasteiger partial charge in [-0.15, -0.1) is 24.2 Å². The number of hydrogen-bond donors (Lipinski definition) is 0. The number of rotatable bonds is 8. The van der Waals surface area contributed by atoms with Gasteiger partial charge in [-0.25, -0.2) is 4.98 Å². The molecular weight excluding hydrogens is 457 g/mol. The van der Waals surface area contributed by atoms with E-state index in [-0.39, 0.29) is 18.3 Å². The summed E-state index contributed by atoms with van der Waals surface area (Å²) in [6.07, 6.45) is 2.02. The first-order chi connectivity index (χ1) is 14.0. The maximum atomic E-state index is 13.5. The Bertz CT molecular complexity index is 1010. The lowest BCUT2D eigenvalue weighted by Crippen LogP contribution is -2.38. The number of amides is 1. The van der Waals surface area contributed by atoms with Gasteiger partial charge in [0, 0.05) is 28.6 Å². The van der Waals surface area contributed by atoms with Crippen LogP contribution in [0.15, 0.2) is 41.3 Å². The molecular formula is C22H27Cl2N3OS2. The third-order valence-corrected chi connectivity index (χ3v) is 6.93. The highest BCUT2D eigenvalue weighted by molar-refractivity contribution is 7.98. The predicted molar refractivity (Wildman–Crippen MR) is 134 cm³/mol. The third kappa shape index (κ3) is 5.68. The number of anilines is 1. The number of likely N-dealkylation sites (N-methyl/N-ethyl adjacent to an activating group) is 1. The zero-order valence-corrected chi connectivity index (χ0v) is 20.9. The van der Waals surface area contributed by atoms with Gasteiger partial charge in [-0.3, -0.25) is 9.69 Å². The van der Waals surface area contributed by atoms with E-state index in [1.807, 2.05) is 54.5 Å². The largest absolute Gasteiger partial charge is 0.302 e. The lowest BCUT2D eigenvalue weighted by molar-refractivity contribution is 0.0983. The van der Waals surface area contributed by atoms with Gasteiger partial charge in [0.25, 0.3) is 5.91 Å². The van der Waals surface area contributed by atoms with Crippen LogP contribution in [-0.4, -0.2) is 48.2 Å². The van der Waals surface area contributed by atoms with Crippen molar-refractivity contribution >= 4 is 68.4 Å². The smallest absolute Gasteiger partial charge is 0.260 e. The van der Waals surface area contributed by atoms with Crippen LogP contribution in [0.1, 0.15) is 29.8 Å². The van der Waals surface area contributed by atoms with Crippen LogP contribution in [0, 0.1) is 6.92 Å². The molecule has 162 valence electrons. The second-order valence-corrected chi connectivity index (χ2v) is 9.11. The van der Waals surface area contributed by atoms with Crippen molar-refractivity contribution in [3.05, 3.63) is 52.5 Å². The highest BCUT2D eigenvalue weighted by Gasteiger charge is 2.22. The Hall–Kier alpha value is -1.31. The lowest BCUT2D eigenvalue weighted by Gasteiger charge is -2.25. The summed E-state index contributed by atoms with van der Waals surface area (Å²) in [6.45, 7) is 9.58. The summed E-state index contributed by atoms with van der Waals surface area (Å²) in [5.41, 5.74) is 2.62. The molecule has 0 aliphatic rings. The first kappa shape index (κ1) is 25.0. The fourth-order valence-corrected chi connectivity index (χ4v) is 5.14. The molecule has 0 saturated carbocycles. The van der Waals surface area contributed by atoms with Gasteiger partial charge < -0.3 is 4.90 Å². The Morgan fingerprint density at radius 2 is 1.90 bits per heavy atom. The number of carbonyl (C=O) groups excluding carboxylic acids is 1. The average molecular weight is 485 g/mol. The predicted octanol–water partition coefficient (Wildman–Crippen LogP) is 6.39. The maximum absolute atomic E-state index is 13.5. The number of benzene rings is 2. The normalized spacial score (nSPS) is 11.0. The number of aryl methyl sites for hydroxylation is 1. The number of hydrogen-bond acceptors (Lipinski definition) is 5. The van der Waals surface area contributed by atoms with Gasteiger partial charge in [-0.1, -0.05) is 42.9 Å².